The van der Waals surface area contributed by atoms with Gasteiger partial charge < -0.3 is 35.7 Å². The molecule has 0 saturated carbocycles. The molecule has 1 atom stereocenters. The largest absolute Gasteiger partial charge is 0.437 e. The van der Waals surface area contributed by atoms with Crippen LogP contribution in [0.5, 0.6) is 11.6 Å². The summed E-state index contributed by atoms with van der Waals surface area (Å²) >= 11 is 0. The molecule has 2 saturated heterocycles. The summed E-state index contributed by atoms with van der Waals surface area (Å²) in [6.45, 7) is 4.58. The Kier molecular flexibility index (Phi) is 6.61. The zero-order valence-electron chi connectivity index (χ0n) is 21.3. The monoisotopic (exact) mass is 515 g/mol. The van der Waals surface area contributed by atoms with Gasteiger partial charge in [-0.1, -0.05) is 0 Å². The first kappa shape index (κ1) is 25.0. The maximum atomic E-state index is 12.9. The highest BCUT2D eigenvalue weighted by Crippen LogP contribution is 2.38. The molecule has 1 spiro atoms. The van der Waals surface area contributed by atoms with E-state index < -0.39 is 0 Å². The van der Waals surface area contributed by atoms with Crippen molar-refractivity contribution < 1.29 is 14.3 Å². The summed E-state index contributed by atoms with van der Waals surface area (Å²) in [4.78, 5) is 27.7. The van der Waals surface area contributed by atoms with Gasteiger partial charge in [-0.15, -0.1) is 0 Å². The number of allylic oxidation sites excluding steroid dienone is 2. The molecule has 0 radical (unpaired) electrons. The lowest BCUT2D eigenvalue weighted by atomic mass is 9.87. The number of carbonyl (C=O) groups excluding carboxylic acids is 1. The van der Waals surface area contributed by atoms with Crippen molar-refractivity contribution in [3.8, 4) is 17.7 Å². The Morgan fingerprint density at radius 2 is 2.13 bits per heavy atom. The van der Waals surface area contributed by atoms with Crippen LogP contribution in [-0.4, -0.2) is 56.6 Å². The zero-order chi connectivity index (χ0) is 26.9. The number of amides is 1. The molecule has 5 rings (SSSR count). The van der Waals surface area contributed by atoms with E-state index in [1.165, 1.54) is 12.3 Å². The minimum absolute atomic E-state index is 0.0634. The molecule has 1 unspecified atom stereocenters. The van der Waals surface area contributed by atoms with Gasteiger partial charge in [0.1, 0.15) is 23.1 Å². The standard InChI is InChI=1S/C26H29N9O3/c1-16-9-17(11-27)30-12-20(16)38-22-10-19(23-24(33-22)34(2)15-31-23)32-21(29)4-3-18(28)25(36)35-7-5-26(13-35)6-8-37-14-26/h3-4,9-10,12,15H,5-8,13-14,28-29H2,1-2H3,(H,32,33)/b18-3-,21-4+. The Morgan fingerprint density at radius 3 is 2.87 bits per heavy atom. The maximum absolute atomic E-state index is 12.9. The number of fused-ring (bicyclic) bond motifs is 1. The highest BCUT2D eigenvalue weighted by atomic mass is 16.5. The molecule has 0 aliphatic carbocycles. The van der Waals surface area contributed by atoms with Crippen LogP contribution in [0, 0.1) is 23.7 Å². The van der Waals surface area contributed by atoms with Crippen molar-refractivity contribution in [3.63, 3.8) is 0 Å². The number of nitrogens with zero attached hydrogens (tertiary/aromatic N) is 6. The van der Waals surface area contributed by atoms with Crippen LogP contribution in [-0.2, 0) is 16.6 Å². The molecule has 1 amide bonds. The van der Waals surface area contributed by atoms with Crippen molar-refractivity contribution in [3.05, 3.63) is 59.6 Å². The first-order valence-corrected chi connectivity index (χ1v) is 12.2. The third-order valence-electron chi connectivity index (χ3n) is 6.92. The number of nitriles is 1. The fraction of sp³-hybridized carbons (Fsp3) is 0.346. The van der Waals surface area contributed by atoms with Crippen LogP contribution in [0.1, 0.15) is 24.1 Å². The van der Waals surface area contributed by atoms with Crippen molar-refractivity contribution in [2.75, 3.05) is 31.6 Å². The lowest BCUT2D eigenvalue weighted by Crippen LogP contribution is -2.35. The highest BCUT2D eigenvalue weighted by molar-refractivity contribution is 5.93. The fourth-order valence-electron chi connectivity index (χ4n) is 4.76. The quantitative estimate of drug-likeness (QED) is 0.326. The van der Waals surface area contributed by atoms with Crippen molar-refractivity contribution in [2.45, 2.75) is 19.8 Å². The van der Waals surface area contributed by atoms with Crippen molar-refractivity contribution >= 4 is 22.8 Å². The Morgan fingerprint density at radius 1 is 1.29 bits per heavy atom. The van der Waals surface area contributed by atoms with Gasteiger partial charge in [-0.2, -0.15) is 10.2 Å². The van der Waals surface area contributed by atoms with Crippen LogP contribution in [0.3, 0.4) is 0 Å². The van der Waals surface area contributed by atoms with Crippen molar-refractivity contribution in [2.24, 2.45) is 23.9 Å². The van der Waals surface area contributed by atoms with E-state index in [2.05, 4.69) is 20.3 Å². The average Bonchev–Trinajstić information content (AvgIpc) is 3.65. The molecule has 2 aliphatic heterocycles. The Hall–Kier alpha value is -4.63. The Bertz CT molecular complexity index is 1500. The van der Waals surface area contributed by atoms with Gasteiger partial charge in [0, 0.05) is 38.2 Å². The van der Waals surface area contributed by atoms with E-state index in [-0.39, 0.29) is 28.7 Å². The molecule has 38 heavy (non-hydrogen) atoms. The fourth-order valence-corrected chi connectivity index (χ4v) is 4.76. The molecule has 12 nitrogen and oxygen atoms in total. The lowest BCUT2D eigenvalue weighted by molar-refractivity contribution is -0.126. The van der Waals surface area contributed by atoms with E-state index in [0.29, 0.717) is 48.0 Å². The average molecular weight is 516 g/mol. The minimum Gasteiger partial charge on any atom is -0.437 e. The van der Waals surface area contributed by atoms with Crippen LogP contribution in [0.2, 0.25) is 0 Å². The molecule has 12 heteroatoms. The molecule has 2 aliphatic rings. The number of aromatic nitrogens is 4. The summed E-state index contributed by atoms with van der Waals surface area (Å²) in [5.74, 6) is 0.795. The summed E-state index contributed by atoms with van der Waals surface area (Å²) in [6.07, 6.45) is 8.06. The number of carbonyl (C=O) groups is 1. The van der Waals surface area contributed by atoms with Crippen molar-refractivity contribution in [1.82, 2.24) is 24.4 Å². The smallest absolute Gasteiger partial charge is 0.269 e. The number of ether oxygens (including phenoxy) is 2. The molecule has 5 N–H and O–H groups in total. The molecule has 3 aromatic heterocycles. The molecule has 0 aromatic carbocycles. The molecule has 3 aromatic rings. The summed E-state index contributed by atoms with van der Waals surface area (Å²) in [7, 11) is 1.82. The van der Waals surface area contributed by atoms with E-state index in [4.69, 9.17) is 26.2 Å². The first-order valence-electron chi connectivity index (χ1n) is 12.2. The summed E-state index contributed by atoms with van der Waals surface area (Å²) in [5, 5.41) is 12.2. The summed E-state index contributed by atoms with van der Waals surface area (Å²) in [6, 6.07) is 5.31. The van der Waals surface area contributed by atoms with E-state index in [9.17, 15) is 4.79 Å². The van der Waals surface area contributed by atoms with E-state index in [0.717, 1.165) is 25.0 Å². The number of nitrogens with one attached hydrogen (secondary N) is 1. The number of rotatable bonds is 6. The van der Waals surface area contributed by atoms with Crippen LogP contribution in [0.25, 0.3) is 11.2 Å². The third kappa shape index (κ3) is 4.96. The number of anilines is 1. The summed E-state index contributed by atoms with van der Waals surface area (Å²) in [5.41, 5.74) is 15.3. The topological polar surface area (TPSA) is 170 Å². The van der Waals surface area contributed by atoms with Gasteiger partial charge in [0.2, 0.25) is 5.88 Å². The number of hydrogen-bond acceptors (Lipinski definition) is 10. The number of hydrogen-bond donors (Lipinski definition) is 3. The number of aryl methyl sites for hydroxylation is 2. The van der Waals surface area contributed by atoms with Gasteiger partial charge in [0.25, 0.3) is 5.91 Å². The molecule has 5 heterocycles. The number of nitrogens with two attached hydrogens (primary N) is 2. The second kappa shape index (κ2) is 10.0. The highest BCUT2D eigenvalue weighted by Gasteiger charge is 2.42. The second-order valence-corrected chi connectivity index (χ2v) is 9.73. The normalized spacial score (nSPS) is 19.8. The predicted molar refractivity (Wildman–Crippen MR) is 140 cm³/mol. The second-order valence-electron chi connectivity index (χ2n) is 9.73. The molecular formula is C26H29N9O3. The van der Waals surface area contributed by atoms with Gasteiger partial charge in [0.15, 0.2) is 11.4 Å². The third-order valence-corrected chi connectivity index (χ3v) is 6.92. The number of pyridine rings is 2. The van der Waals surface area contributed by atoms with Crippen LogP contribution in [0.4, 0.5) is 5.69 Å². The summed E-state index contributed by atoms with van der Waals surface area (Å²) < 4.78 is 13.3. The molecular weight excluding hydrogens is 486 g/mol. The molecule has 0 bridgehead atoms. The van der Waals surface area contributed by atoms with Gasteiger partial charge in [0.05, 0.1) is 30.5 Å². The van der Waals surface area contributed by atoms with Gasteiger partial charge in [-0.25, -0.2) is 9.97 Å². The van der Waals surface area contributed by atoms with Crippen LogP contribution >= 0.6 is 0 Å². The van der Waals surface area contributed by atoms with Crippen LogP contribution < -0.4 is 21.5 Å². The molecule has 2 fully saturated rings. The van der Waals surface area contributed by atoms with E-state index in [1.54, 1.807) is 34.0 Å². The van der Waals surface area contributed by atoms with Gasteiger partial charge >= 0.3 is 0 Å². The van der Waals surface area contributed by atoms with Crippen LogP contribution in [0.15, 0.2) is 48.3 Å². The number of likely N-dealkylation sites (tertiary alicyclic amines) is 1. The Balaban J connectivity index is 1.34. The predicted octanol–water partition coefficient (Wildman–Crippen LogP) is 2.03. The lowest BCUT2D eigenvalue weighted by Gasteiger charge is -2.22. The van der Waals surface area contributed by atoms with Gasteiger partial charge in [-0.3, -0.25) is 4.79 Å². The number of imidazole rings is 1. The van der Waals surface area contributed by atoms with E-state index >= 15 is 0 Å². The molecule has 196 valence electrons. The van der Waals surface area contributed by atoms with Gasteiger partial charge in [-0.05, 0) is 43.5 Å². The first-order chi connectivity index (χ1) is 18.3. The Labute approximate surface area is 219 Å². The SMILES string of the molecule is Cc1cc(C#N)ncc1Oc1cc(N/C(N)=C/C=C(\N)C(=O)N2CCC3(CCOC3)C2)c2ncn(C)c2n1. The minimum atomic E-state index is -0.212. The van der Waals surface area contributed by atoms with E-state index in [1.807, 2.05) is 20.0 Å². The maximum Gasteiger partial charge on any atom is 0.269 e. The van der Waals surface area contributed by atoms with Crippen molar-refractivity contribution in [1.29, 1.82) is 5.26 Å². The zero-order valence-corrected chi connectivity index (χ0v) is 21.3.